The largest absolute Gasteiger partial charge is 0.432 e. The molecule has 0 N–H and O–H groups in total. The summed E-state index contributed by atoms with van der Waals surface area (Å²) in [6.07, 6.45) is -1.11. The Morgan fingerprint density at radius 1 is 0.542 bits per heavy atom. The molecule has 0 saturated carbocycles. The van der Waals surface area contributed by atoms with E-state index in [1.54, 1.807) is 6.07 Å². The summed E-state index contributed by atoms with van der Waals surface area (Å²) >= 11 is 0. The number of alkyl halides is 3. The van der Waals surface area contributed by atoms with Crippen molar-refractivity contribution < 1.29 is 44.3 Å². The van der Waals surface area contributed by atoms with E-state index in [9.17, 15) is 30.7 Å². The van der Waals surface area contributed by atoms with E-state index in [-0.39, 0.29) is 16.7 Å². The summed E-state index contributed by atoms with van der Waals surface area (Å²) in [5, 5.41) is 0. The Bertz CT molecular complexity index is 1870. The van der Waals surface area contributed by atoms with Gasteiger partial charge in [0.15, 0.2) is 0 Å². The van der Waals surface area contributed by atoms with Crippen LogP contribution >= 0.6 is 0 Å². The topological polar surface area (TPSA) is 9.23 Å². The summed E-state index contributed by atoms with van der Waals surface area (Å²) < 4.78 is 135. The number of rotatable bonds is 12. The van der Waals surface area contributed by atoms with E-state index in [0.717, 1.165) is 43.4 Å². The van der Waals surface area contributed by atoms with Crippen molar-refractivity contribution in [3.8, 4) is 39.1 Å². The van der Waals surface area contributed by atoms with Crippen molar-refractivity contribution in [2.75, 3.05) is 6.67 Å². The summed E-state index contributed by atoms with van der Waals surface area (Å²) in [6, 6.07) is 17.3. The van der Waals surface area contributed by atoms with Crippen molar-refractivity contribution in [1.29, 1.82) is 0 Å². The lowest BCUT2D eigenvalue weighted by molar-refractivity contribution is -0.189. The third-order valence-electron chi connectivity index (χ3n) is 7.95. The van der Waals surface area contributed by atoms with Crippen molar-refractivity contribution >= 4 is 0 Å². The second-order valence-electron chi connectivity index (χ2n) is 11.3. The van der Waals surface area contributed by atoms with Gasteiger partial charge in [0.25, 0.3) is 0 Å². The van der Waals surface area contributed by atoms with Gasteiger partial charge in [-0.2, -0.15) is 8.78 Å². The first-order valence-electron chi connectivity index (χ1n) is 15.2. The normalized spacial score (nSPS) is 11.6. The van der Waals surface area contributed by atoms with E-state index in [0.29, 0.717) is 29.8 Å². The quantitative estimate of drug-likeness (QED) is 0.0947. The summed E-state index contributed by atoms with van der Waals surface area (Å²) in [5.74, 6) is -9.17. The molecule has 0 aliphatic rings. The maximum absolute atomic E-state index is 15.3. The van der Waals surface area contributed by atoms with Crippen LogP contribution in [0, 0.1) is 34.9 Å². The van der Waals surface area contributed by atoms with Gasteiger partial charge in [-0.1, -0.05) is 68.3 Å². The van der Waals surface area contributed by atoms with Crippen LogP contribution in [0.4, 0.5) is 39.5 Å². The van der Waals surface area contributed by atoms with E-state index in [4.69, 9.17) is 0 Å². The Morgan fingerprint density at radius 2 is 1.06 bits per heavy atom. The van der Waals surface area contributed by atoms with Crippen LogP contribution in [0.15, 0.2) is 84.9 Å². The molecule has 5 aromatic carbocycles. The lowest BCUT2D eigenvalue weighted by Crippen LogP contribution is -2.25. The Kier molecular flexibility index (Phi) is 10.5. The molecule has 0 aromatic heterocycles. The molecule has 5 rings (SSSR count). The molecule has 0 saturated heterocycles. The van der Waals surface area contributed by atoms with Crippen LogP contribution in [0.5, 0.6) is 5.75 Å². The molecule has 0 unspecified atom stereocenters. The van der Waals surface area contributed by atoms with Gasteiger partial charge in [-0.15, -0.1) is 0 Å². The van der Waals surface area contributed by atoms with Crippen molar-refractivity contribution in [3.05, 3.63) is 137 Å². The molecule has 0 bridgehead atoms. The van der Waals surface area contributed by atoms with Crippen LogP contribution < -0.4 is 4.74 Å². The van der Waals surface area contributed by atoms with E-state index in [1.807, 2.05) is 24.3 Å². The Hall–Kier alpha value is -4.73. The lowest BCUT2D eigenvalue weighted by atomic mass is 9.96. The number of ether oxygens (including phenoxy) is 1. The molecule has 1 nitrogen and oxygen atoms in total. The van der Waals surface area contributed by atoms with Gasteiger partial charge >= 0.3 is 6.11 Å². The fraction of sp³-hybridized carbons (Fsp3) is 0.211. The number of hydrogen-bond acceptors (Lipinski definition) is 1. The van der Waals surface area contributed by atoms with Crippen molar-refractivity contribution in [2.45, 2.75) is 45.1 Å². The number of aryl methyl sites for hydroxylation is 1. The third kappa shape index (κ3) is 7.53. The van der Waals surface area contributed by atoms with Crippen molar-refractivity contribution in [2.24, 2.45) is 0 Å². The van der Waals surface area contributed by atoms with Crippen molar-refractivity contribution in [1.82, 2.24) is 0 Å². The first-order chi connectivity index (χ1) is 22.9. The predicted molar refractivity (Wildman–Crippen MR) is 166 cm³/mol. The van der Waals surface area contributed by atoms with E-state index in [2.05, 4.69) is 11.7 Å². The average molecular weight is 673 g/mol. The zero-order valence-electron chi connectivity index (χ0n) is 25.6. The Labute approximate surface area is 271 Å². The highest BCUT2D eigenvalue weighted by Crippen LogP contribution is 2.39. The summed E-state index contributed by atoms with van der Waals surface area (Å²) in [7, 11) is 0. The standard InChI is InChI=1S/C38H29F9O/c1-2-3-4-5-22-6-8-23(9-7-22)24-10-12-28(31(40)16-24)25-11-13-29(32(41)17-25)26-18-35(44)37(36(45)19-26)38(46,47)48-27-20-33(42)30(14-15-39)34(43)21-27/h6-13,16-21H,2-5,14-15H2,1H3. The SMILES string of the molecule is CCCCCc1ccc(-c2ccc(-c3ccc(-c4cc(F)c(C(F)(F)Oc5cc(F)c(CCF)c(F)c5)c(F)c4)c(F)c3)c(F)c2)cc1. The highest BCUT2D eigenvalue weighted by atomic mass is 19.3. The van der Waals surface area contributed by atoms with Gasteiger partial charge in [0, 0.05) is 35.2 Å². The van der Waals surface area contributed by atoms with Crippen LogP contribution in [-0.4, -0.2) is 6.67 Å². The van der Waals surface area contributed by atoms with Gasteiger partial charge in [-0.25, -0.2) is 26.3 Å². The second-order valence-corrected chi connectivity index (χ2v) is 11.3. The first kappa shape index (κ1) is 34.6. The number of halogens is 9. The Morgan fingerprint density at radius 3 is 1.62 bits per heavy atom. The van der Waals surface area contributed by atoms with E-state index < -0.39 is 76.5 Å². The van der Waals surface area contributed by atoms with Crippen LogP contribution in [0.1, 0.15) is 42.9 Å². The maximum Gasteiger partial charge on any atom is 0.432 e. The highest BCUT2D eigenvalue weighted by Gasteiger charge is 2.41. The summed E-state index contributed by atoms with van der Waals surface area (Å²) in [4.78, 5) is 0. The van der Waals surface area contributed by atoms with Crippen LogP contribution in [0.25, 0.3) is 33.4 Å². The first-order valence-corrected chi connectivity index (χ1v) is 15.2. The minimum Gasteiger partial charge on any atom is -0.429 e. The zero-order valence-corrected chi connectivity index (χ0v) is 25.6. The average Bonchev–Trinajstić information content (AvgIpc) is 3.02. The molecule has 10 heteroatoms. The van der Waals surface area contributed by atoms with Gasteiger partial charge in [0.1, 0.15) is 46.2 Å². The molecule has 0 heterocycles. The monoisotopic (exact) mass is 672 g/mol. The van der Waals surface area contributed by atoms with Crippen LogP contribution in [0.3, 0.4) is 0 Å². The maximum atomic E-state index is 15.3. The number of hydrogen-bond donors (Lipinski definition) is 0. The Balaban J connectivity index is 1.36. The second kappa shape index (κ2) is 14.6. The fourth-order valence-corrected chi connectivity index (χ4v) is 5.47. The number of benzene rings is 5. The molecule has 0 radical (unpaired) electrons. The van der Waals surface area contributed by atoms with Gasteiger partial charge in [-0.3, -0.25) is 4.39 Å². The summed E-state index contributed by atoms with van der Waals surface area (Å²) in [6.45, 7) is 1.02. The molecular formula is C38H29F9O. The predicted octanol–water partition coefficient (Wildman–Crippen LogP) is 11.9. The molecular weight excluding hydrogens is 643 g/mol. The zero-order chi connectivity index (χ0) is 34.6. The van der Waals surface area contributed by atoms with Crippen LogP contribution in [0.2, 0.25) is 0 Å². The smallest absolute Gasteiger partial charge is 0.429 e. The number of unbranched alkanes of at least 4 members (excludes halogenated alkanes) is 2. The van der Waals surface area contributed by atoms with Gasteiger partial charge < -0.3 is 4.74 Å². The fourth-order valence-electron chi connectivity index (χ4n) is 5.47. The van der Waals surface area contributed by atoms with E-state index >= 15 is 8.78 Å². The molecule has 0 atom stereocenters. The minimum absolute atomic E-state index is 0.0653. The molecule has 0 fully saturated rings. The van der Waals surface area contributed by atoms with Gasteiger partial charge in [0.05, 0.1) is 6.67 Å². The molecule has 0 spiro atoms. The van der Waals surface area contributed by atoms with Gasteiger partial charge in [-0.05, 0) is 64.9 Å². The molecule has 0 aliphatic carbocycles. The molecule has 48 heavy (non-hydrogen) atoms. The molecule has 5 aromatic rings. The highest BCUT2D eigenvalue weighted by molar-refractivity contribution is 5.74. The third-order valence-corrected chi connectivity index (χ3v) is 7.95. The molecule has 0 aliphatic heterocycles. The van der Waals surface area contributed by atoms with Crippen molar-refractivity contribution in [3.63, 3.8) is 0 Å². The minimum atomic E-state index is -4.75. The van der Waals surface area contributed by atoms with Crippen LogP contribution in [-0.2, 0) is 19.0 Å². The summed E-state index contributed by atoms with van der Waals surface area (Å²) in [5.41, 5.74) is -0.614. The molecule has 250 valence electrons. The lowest BCUT2D eigenvalue weighted by Gasteiger charge is -2.20. The van der Waals surface area contributed by atoms with Gasteiger partial charge in [0.2, 0.25) is 0 Å². The van der Waals surface area contributed by atoms with E-state index in [1.165, 1.54) is 23.8 Å². The molecule has 0 amide bonds.